The Hall–Kier alpha value is -2.05. The second-order valence-corrected chi connectivity index (χ2v) is 5.87. The number of aryl methyl sites for hydroxylation is 2. The van der Waals surface area contributed by atoms with Crippen LogP contribution in [0.5, 0.6) is 0 Å². The molecule has 1 rings (SSSR count). The van der Waals surface area contributed by atoms with E-state index in [1.807, 2.05) is 6.92 Å². The van der Waals surface area contributed by atoms with E-state index in [1.54, 1.807) is 38.6 Å². The monoisotopic (exact) mass is 296 g/mol. The molecule has 0 saturated heterocycles. The molecule has 0 radical (unpaired) electrons. The van der Waals surface area contributed by atoms with E-state index in [0.717, 1.165) is 5.69 Å². The number of alkyl carbamates (subject to hydrolysis) is 1. The zero-order valence-corrected chi connectivity index (χ0v) is 13.3. The average molecular weight is 296 g/mol. The lowest BCUT2D eigenvalue weighted by Gasteiger charge is -2.19. The van der Waals surface area contributed by atoms with Gasteiger partial charge in [0.2, 0.25) is 5.91 Å². The average Bonchev–Trinajstić information content (AvgIpc) is 2.61. The fourth-order valence-electron chi connectivity index (χ4n) is 1.69. The van der Waals surface area contributed by atoms with E-state index in [1.165, 1.54) is 0 Å². The quantitative estimate of drug-likeness (QED) is 0.813. The van der Waals surface area contributed by atoms with Crippen molar-refractivity contribution in [1.29, 1.82) is 0 Å². The van der Waals surface area contributed by atoms with Crippen molar-refractivity contribution < 1.29 is 14.3 Å². The molecule has 0 spiro atoms. The lowest BCUT2D eigenvalue weighted by atomic mass is 10.2. The van der Waals surface area contributed by atoms with Crippen molar-refractivity contribution in [2.75, 3.05) is 11.9 Å². The third kappa shape index (κ3) is 6.78. The Morgan fingerprint density at radius 1 is 1.38 bits per heavy atom. The highest BCUT2D eigenvalue weighted by molar-refractivity contribution is 5.89. The van der Waals surface area contributed by atoms with Crippen molar-refractivity contribution in [3.63, 3.8) is 0 Å². The maximum absolute atomic E-state index is 11.8. The molecule has 0 aliphatic rings. The molecule has 1 aromatic heterocycles. The van der Waals surface area contributed by atoms with Crippen molar-refractivity contribution in [3.05, 3.63) is 11.8 Å². The molecule has 0 atom stereocenters. The summed E-state index contributed by atoms with van der Waals surface area (Å²) >= 11 is 0. The predicted octanol–water partition coefficient (Wildman–Crippen LogP) is 1.97. The maximum Gasteiger partial charge on any atom is 0.407 e. The number of carbonyl (C=O) groups excluding carboxylic acids is 2. The smallest absolute Gasteiger partial charge is 0.407 e. The van der Waals surface area contributed by atoms with Gasteiger partial charge >= 0.3 is 6.09 Å². The normalized spacial score (nSPS) is 11.1. The minimum atomic E-state index is -0.515. The SMILES string of the molecule is Cc1cc(NC(=O)CCCNC(=O)OC(C)(C)C)n(C)n1. The van der Waals surface area contributed by atoms with Crippen molar-refractivity contribution >= 4 is 17.8 Å². The van der Waals surface area contributed by atoms with Gasteiger partial charge in [-0.15, -0.1) is 0 Å². The van der Waals surface area contributed by atoms with E-state index in [0.29, 0.717) is 25.2 Å². The molecular weight excluding hydrogens is 272 g/mol. The van der Waals surface area contributed by atoms with Crippen LogP contribution in [0.25, 0.3) is 0 Å². The van der Waals surface area contributed by atoms with Gasteiger partial charge in [-0.2, -0.15) is 5.10 Å². The molecule has 0 fully saturated rings. The molecule has 2 N–H and O–H groups in total. The number of hydrogen-bond acceptors (Lipinski definition) is 4. The summed E-state index contributed by atoms with van der Waals surface area (Å²) in [4.78, 5) is 23.1. The standard InChI is InChI=1S/C14H24N4O3/c1-10-9-11(18(5)17-10)16-12(19)7-6-8-15-13(20)21-14(2,3)4/h9H,6-8H2,1-5H3,(H,15,20)(H,16,19). The molecule has 0 aliphatic carbocycles. The first-order valence-electron chi connectivity index (χ1n) is 6.95. The Balaban J connectivity index is 2.22. The molecule has 0 aromatic carbocycles. The van der Waals surface area contributed by atoms with Crippen LogP contribution in [0, 0.1) is 6.92 Å². The van der Waals surface area contributed by atoms with Crippen molar-refractivity contribution in [2.45, 2.75) is 46.1 Å². The summed E-state index contributed by atoms with van der Waals surface area (Å²) in [5, 5.41) is 9.54. The minimum Gasteiger partial charge on any atom is -0.444 e. The van der Waals surface area contributed by atoms with Gasteiger partial charge < -0.3 is 15.4 Å². The van der Waals surface area contributed by atoms with Gasteiger partial charge in [0.15, 0.2) is 0 Å². The number of aromatic nitrogens is 2. The van der Waals surface area contributed by atoms with E-state index in [4.69, 9.17) is 4.74 Å². The molecule has 0 saturated carbocycles. The van der Waals surface area contributed by atoms with Gasteiger partial charge in [0.1, 0.15) is 11.4 Å². The number of nitrogens with one attached hydrogen (secondary N) is 2. The summed E-state index contributed by atoms with van der Waals surface area (Å²) in [7, 11) is 1.77. The fraction of sp³-hybridized carbons (Fsp3) is 0.643. The van der Waals surface area contributed by atoms with Crippen LogP contribution in [-0.4, -0.2) is 33.9 Å². The van der Waals surface area contributed by atoms with Crippen LogP contribution in [0.3, 0.4) is 0 Å². The van der Waals surface area contributed by atoms with Crippen LogP contribution >= 0.6 is 0 Å². The highest BCUT2D eigenvalue weighted by Gasteiger charge is 2.15. The maximum atomic E-state index is 11.8. The predicted molar refractivity (Wildman–Crippen MR) is 80.0 cm³/mol. The second-order valence-electron chi connectivity index (χ2n) is 5.87. The molecule has 1 aromatic rings. The van der Waals surface area contributed by atoms with E-state index in [2.05, 4.69) is 15.7 Å². The lowest BCUT2D eigenvalue weighted by Crippen LogP contribution is -2.33. The first-order chi connectivity index (χ1) is 9.67. The van der Waals surface area contributed by atoms with Crippen LogP contribution in [-0.2, 0) is 16.6 Å². The molecule has 2 amide bonds. The van der Waals surface area contributed by atoms with Crippen molar-refractivity contribution in [3.8, 4) is 0 Å². The van der Waals surface area contributed by atoms with Crippen LogP contribution in [0.1, 0.15) is 39.3 Å². The van der Waals surface area contributed by atoms with E-state index in [-0.39, 0.29) is 5.91 Å². The molecule has 21 heavy (non-hydrogen) atoms. The second kappa shape index (κ2) is 7.10. The number of hydrogen-bond donors (Lipinski definition) is 2. The van der Waals surface area contributed by atoms with Crippen molar-refractivity contribution in [2.24, 2.45) is 7.05 Å². The third-order valence-electron chi connectivity index (χ3n) is 2.52. The summed E-state index contributed by atoms with van der Waals surface area (Å²) in [6, 6.07) is 1.80. The lowest BCUT2D eigenvalue weighted by molar-refractivity contribution is -0.116. The number of amides is 2. The van der Waals surface area contributed by atoms with Gasteiger partial charge in [0.25, 0.3) is 0 Å². The Morgan fingerprint density at radius 2 is 2.05 bits per heavy atom. The Kier molecular flexibility index (Phi) is 5.75. The van der Waals surface area contributed by atoms with Gasteiger partial charge in [-0.1, -0.05) is 0 Å². The molecule has 0 unspecified atom stereocenters. The zero-order valence-electron chi connectivity index (χ0n) is 13.3. The number of ether oxygens (including phenoxy) is 1. The van der Waals surface area contributed by atoms with Gasteiger partial charge in [0.05, 0.1) is 5.69 Å². The zero-order chi connectivity index (χ0) is 16.0. The first kappa shape index (κ1) is 17.0. The molecule has 0 bridgehead atoms. The summed E-state index contributed by atoms with van der Waals surface area (Å²) in [6.45, 7) is 7.66. The van der Waals surface area contributed by atoms with Crippen molar-refractivity contribution in [1.82, 2.24) is 15.1 Å². The van der Waals surface area contributed by atoms with Crippen LogP contribution in [0.4, 0.5) is 10.6 Å². The third-order valence-corrected chi connectivity index (χ3v) is 2.52. The Bertz CT molecular complexity index is 503. The summed E-state index contributed by atoms with van der Waals surface area (Å²) < 4.78 is 6.71. The molecular formula is C14H24N4O3. The number of nitrogens with zero attached hydrogens (tertiary/aromatic N) is 2. The van der Waals surface area contributed by atoms with Gasteiger partial charge in [-0.25, -0.2) is 4.79 Å². The molecule has 7 nitrogen and oxygen atoms in total. The van der Waals surface area contributed by atoms with Crippen LogP contribution in [0.2, 0.25) is 0 Å². The van der Waals surface area contributed by atoms with Crippen LogP contribution < -0.4 is 10.6 Å². The molecule has 118 valence electrons. The van der Waals surface area contributed by atoms with Crippen LogP contribution in [0.15, 0.2) is 6.07 Å². The van der Waals surface area contributed by atoms with Gasteiger partial charge in [0, 0.05) is 26.1 Å². The molecule has 0 aliphatic heterocycles. The molecule has 1 heterocycles. The van der Waals surface area contributed by atoms with Gasteiger partial charge in [-0.3, -0.25) is 9.48 Å². The Labute approximate surface area is 125 Å². The first-order valence-corrected chi connectivity index (χ1v) is 6.95. The van der Waals surface area contributed by atoms with E-state index >= 15 is 0 Å². The largest absolute Gasteiger partial charge is 0.444 e. The number of anilines is 1. The minimum absolute atomic E-state index is 0.107. The highest BCUT2D eigenvalue weighted by atomic mass is 16.6. The Morgan fingerprint density at radius 3 is 2.57 bits per heavy atom. The topological polar surface area (TPSA) is 85.3 Å². The number of carbonyl (C=O) groups is 2. The highest BCUT2D eigenvalue weighted by Crippen LogP contribution is 2.09. The summed E-state index contributed by atoms with van der Waals surface area (Å²) in [5.41, 5.74) is 0.332. The van der Waals surface area contributed by atoms with E-state index in [9.17, 15) is 9.59 Å². The summed E-state index contributed by atoms with van der Waals surface area (Å²) in [5.74, 6) is 0.557. The fourth-order valence-corrected chi connectivity index (χ4v) is 1.69. The van der Waals surface area contributed by atoms with E-state index < -0.39 is 11.7 Å². The summed E-state index contributed by atoms with van der Waals surface area (Å²) in [6.07, 6.45) is 0.396. The van der Waals surface area contributed by atoms with Gasteiger partial charge in [-0.05, 0) is 34.1 Å². The number of rotatable bonds is 5. The molecule has 7 heteroatoms.